The van der Waals surface area contributed by atoms with Crippen LogP contribution in [-0.4, -0.2) is 35.1 Å². The predicted octanol–water partition coefficient (Wildman–Crippen LogP) is 3.52. The molecule has 4 aliphatic carbocycles. The van der Waals surface area contributed by atoms with Crippen molar-refractivity contribution >= 4 is 0 Å². The normalized spacial score (nSPS) is 56.2. The fourth-order valence-corrected chi connectivity index (χ4v) is 7.98. The molecule has 0 amide bonds. The summed E-state index contributed by atoms with van der Waals surface area (Å²) >= 11 is 0. The Hall–Kier alpha value is -0.630. The van der Waals surface area contributed by atoms with Crippen LogP contribution in [0.5, 0.6) is 0 Å². The molecule has 4 aliphatic rings. The van der Waals surface area contributed by atoms with Crippen LogP contribution < -0.4 is 0 Å². The molecule has 146 valence electrons. The second-order valence-corrected chi connectivity index (χ2v) is 10.1. The standard InChI is InChI=1S/C22H35NO3/c1-4-26-19-11-22(3)13(9-17(19)24)5-7-15-16-8-6-14(12-23)21(16,2)10-18(25)20(15)22/h13-20,24-25H,4-11H2,1-3H3/t13-,14+,15-,16-,17-,18-,19-,20+,21+,22-/m0/s1. The fourth-order valence-electron chi connectivity index (χ4n) is 7.98. The van der Waals surface area contributed by atoms with Crippen molar-refractivity contribution in [3.63, 3.8) is 0 Å². The zero-order valence-corrected chi connectivity index (χ0v) is 16.5. The molecule has 4 fully saturated rings. The maximum Gasteiger partial charge on any atom is 0.0839 e. The molecule has 0 bridgehead atoms. The van der Waals surface area contributed by atoms with Crippen LogP contribution in [0, 0.1) is 51.8 Å². The summed E-state index contributed by atoms with van der Waals surface area (Å²) in [5, 5.41) is 31.5. The summed E-state index contributed by atoms with van der Waals surface area (Å²) in [7, 11) is 0. The summed E-state index contributed by atoms with van der Waals surface area (Å²) < 4.78 is 5.89. The monoisotopic (exact) mass is 361 g/mol. The molecule has 0 heterocycles. The largest absolute Gasteiger partial charge is 0.393 e. The topological polar surface area (TPSA) is 73.5 Å². The van der Waals surface area contributed by atoms with Crippen LogP contribution in [-0.2, 0) is 4.74 Å². The van der Waals surface area contributed by atoms with Crippen molar-refractivity contribution in [2.24, 2.45) is 40.4 Å². The van der Waals surface area contributed by atoms with Crippen LogP contribution in [0.1, 0.15) is 65.7 Å². The number of nitriles is 1. The van der Waals surface area contributed by atoms with Gasteiger partial charge in [0.1, 0.15) is 0 Å². The molecule has 0 saturated heterocycles. The van der Waals surface area contributed by atoms with Gasteiger partial charge in [0.2, 0.25) is 0 Å². The lowest BCUT2D eigenvalue weighted by atomic mass is 9.43. The van der Waals surface area contributed by atoms with E-state index in [1.807, 2.05) is 6.92 Å². The summed E-state index contributed by atoms with van der Waals surface area (Å²) in [6.07, 6.45) is 6.05. The van der Waals surface area contributed by atoms with E-state index in [4.69, 9.17) is 4.74 Å². The minimum absolute atomic E-state index is 0.0218. The van der Waals surface area contributed by atoms with Crippen LogP contribution in [0.3, 0.4) is 0 Å². The first-order valence-electron chi connectivity index (χ1n) is 10.7. The quantitative estimate of drug-likeness (QED) is 0.789. The SMILES string of the molecule is CCO[C@H]1C[C@@]2(C)[C@@H](CC[C@@H]3[C@@H]2[C@@H](O)C[C@]2(C)[C@@H](C#N)CC[C@@H]32)C[C@@H]1O. The zero-order chi connectivity index (χ0) is 18.7. The Morgan fingerprint density at radius 2 is 1.81 bits per heavy atom. The van der Waals surface area contributed by atoms with Gasteiger partial charge in [-0.15, -0.1) is 0 Å². The van der Waals surface area contributed by atoms with Gasteiger partial charge in [0, 0.05) is 6.61 Å². The Labute approximate surface area is 157 Å². The van der Waals surface area contributed by atoms with Crippen molar-refractivity contribution in [1.82, 2.24) is 0 Å². The number of aliphatic hydroxyl groups is 2. The van der Waals surface area contributed by atoms with E-state index in [1.54, 1.807) is 0 Å². The molecule has 10 atom stereocenters. The average Bonchev–Trinajstić information content (AvgIpc) is 2.91. The Kier molecular flexibility index (Phi) is 4.66. The predicted molar refractivity (Wildman–Crippen MR) is 99.0 cm³/mol. The molecule has 0 aromatic carbocycles. The maximum absolute atomic E-state index is 11.3. The Morgan fingerprint density at radius 3 is 2.50 bits per heavy atom. The third-order valence-corrected chi connectivity index (χ3v) is 9.13. The first-order chi connectivity index (χ1) is 12.3. The van der Waals surface area contributed by atoms with Crippen LogP contribution in [0.4, 0.5) is 0 Å². The number of aliphatic hydroxyl groups excluding tert-OH is 2. The Balaban J connectivity index is 1.65. The maximum atomic E-state index is 11.3. The van der Waals surface area contributed by atoms with E-state index in [-0.39, 0.29) is 41.0 Å². The summed E-state index contributed by atoms with van der Waals surface area (Å²) in [5.41, 5.74) is 0.0134. The smallest absolute Gasteiger partial charge is 0.0839 e. The highest BCUT2D eigenvalue weighted by molar-refractivity contribution is 5.15. The number of ether oxygens (including phenoxy) is 1. The van der Waals surface area contributed by atoms with Crippen molar-refractivity contribution in [2.45, 2.75) is 84.0 Å². The summed E-state index contributed by atoms with van der Waals surface area (Å²) in [4.78, 5) is 0. The summed E-state index contributed by atoms with van der Waals surface area (Å²) in [6, 6.07) is 2.55. The molecule has 4 nitrogen and oxygen atoms in total. The second kappa shape index (κ2) is 6.47. The van der Waals surface area contributed by atoms with E-state index < -0.39 is 0 Å². The molecule has 4 saturated carbocycles. The van der Waals surface area contributed by atoms with Crippen molar-refractivity contribution in [3.05, 3.63) is 0 Å². The third kappa shape index (κ3) is 2.50. The highest BCUT2D eigenvalue weighted by atomic mass is 16.5. The van der Waals surface area contributed by atoms with Crippen LogP contribution in [0.15, 0.2) is 0 Å². The van der Waals surface area contributed by atoms with E-state index in [9.17, 15) is 15.5 Å². The highest BCUT2D eigenvalue weighted by Crippen LogP contribution is 2.67. The number of hydrogen-bond acceptors (Lipinski definition) is 4. The van der Waals surface area contributed by atoms with Gasteiger partial charge in [0.25, 0.3) is 0 Å². The molecule has 4 rings (SSSR count). The van der Waals surface area contributed by atoms with Gasteiger partial charge in [-0.1, -0.05) is 13.8 Å². The first kappa shape index (κ1) is 18.7. The highest BCUT2D eigenvalue weighted by Gasteiger charge is 2.64. The van der Waals surface area contributed by atoms with Gasteiger partial charge in [-0.2, -0.15) is 5.26 Å². The van der Waals surface area contributed by atoms with Gasteiger partial charge in [0.05, 0.1) is 30.3 Å². The molecule has 0 spiro atoms. The van der Waals surface area contributed by atoms with Gasteiger partial charge in [-0.3, -0.25) is 0 Å². The molecular weight excluding hydrogens is 326 g/mol. The lowest BCUT2D eigenvalue weighted by Crippen LogP contribution is -2.61. The van der Waals surface area contributed by atoms with Crippen molar-refractivity contribution in [3.8, 4) is 6.07 Å². The molecule has 0 aromatic rings. The molecule has 4 heteroatoms. The molecular formula is C22H35NO3. The van der Waals surface area contributed by atoms with E-state index >= 15 is 0 Å². The molecule has 0 aliphatic heterocycles. The van der Waals surface area contributed by atoms with Crippen molar-refractivity contribution < 1.29 is 14.9 Å². The lowest BCUT2D eigenvalue weighted by molar-refractivity contribution is -0.201. The number of fused-ring (bicyclic) bond motifs is 5. The van der Waals surface area contributed by atoms with Gasteiger partial charge in [-0.05, 0) is 86.4 Å². The minimum Gasteiger partial charge on any atom is -0.393 e. The molecule has 0 unspecified atom stereocenters. The number of nitrogens with zero attached hydrogens (tertiary/aromatic N) is 1. The summed E-state index contributed by atoms with van der Waals surface area (Å²) in [5.74, 6) is 1.93. The van der Waals surface area contributed by atoms with E-state index in [1.165, 1.54) is 0 Å². The first-order valence-corrected chi connectivity index (χ1v) is 10.7. The Morgan fingerprint density at radius 1 is 1.04 bits per heavy atom. The number of rotatable bonds is 2. The zero-order valence-electron chi connectivity index (χ0n) is 16.5. The van der Waals surface area contributed by atoms with E-state index in [0.717, 1.165) is 44.9 Å². The third-order valence-electron chi connectivity index (χ3n) is 9.13. The van der Waals surface area contributed by atoms with Gasteiger partial charge >= 0.3 is 0 Å². The van der Waals surface area contributed by atoms with Crippen molar-refractivity contribution in [2.75, 3.05) is 6.61 Å². The fraction of sp³-hybridized carbons (Fsp3) is 0.955. The van der Waals surface area contributed by atoms with Crippen LogP contribution in [0.25, 0.3) is 0 Å². The van der Waals surface area contributed by atoms with Gasteiger partial charge in [-0.25, -0.2) is 0 Å². The second-order valence-electron chi connectivity index (χ2n) is 10.1. The molecule has 2 N–H and O–H groups in total. The Bertz CT molecular complexity index is 588. The summed E-state index contributed by atoms with van der Waals surface area (Å²) in [6.45, 7) is 7.24. The van der Waals surface area contributed by atoms with E-state index in [0.29, 0.717) is 24.4 Å². The van der Waals surface area contributed by atoms with Crippen molar-refractivity contribution in [1.29, 1.82) is 5.26 Å². The van der Waals surface area contributed by atoms with Gasteiger partial charge < -0.3 is 14.9 Å². The van der Waals surface area contributed by atoms with Crippen LogP contribution in [0.2, 0.25) is 0 Å². The molecule has 0 aromatic heterocycles. The molecule has 26 heavy (non-hydrogen) atoms. The lowest BCUT2D eigenvalue weighted by Gasteiger charge is -2.62. The molecule has 0 radical (unpaired) electrons. The average molecular weight is 362 g/mol. The minimum atomic E-state index is -0.370. The van der Waals surface area contributed by atoms with E-state index in [2.05, 4.69) is 19.9 Å². The number of hydrogen-bond donors (Lipinski definition) is 2. The van der Waals surface area contributed by atoms with Crippen LogP contribution >= 0.6 is 0 Å². The van der Waals surface area contributed by atoms with Gasteiger partial charge in [0.15, 0.2) is 0 Å².